The minimum absolute atomic E-state index is 0.0950. The van der Waals surface area contributed by atoms with Crippen LogP contribution in [0, 0.1) is 5.92 Å². The van der Waals surface area contributed by atoms with E-state index in [1.165, 1.54) is 0 Å². The van der Waals surface area contributed by atoms with E-state index in [0.717, 1.165) is 45.5 Å². The smallest absolute Gasteiger partial charge is 0.222 e. The van der Waals surface area contributed by atoms with Crippen LogP contribution >= 0.6 is 0 Å². The number of hydrogen-bond acceptors (Lipinski definition) is 4. The van der Waals surface area contributed by atoms with Crippen molar-refractivity contribution in [3.63, 3.8) is 0 Å². The molecule has 0 aromatic rings. The summed E-state index contributed by atoms with van der Waals surface area (Å²) in [7, 11) is 0. The second-order valence-electron chi connectivity index (χ2n) is 5.39. The zero-order valence-corrected chi connectivity index (χ0v) is 12.4. The highest BCUT2D eigenvalue weighted by Crippen LogP contribution is 2.07. The lowest BCUT2D eigenvalue weighted by Crippen LogP contribution is -2.41. The second kappa shape index (κ2) is 9.28. The zero-order valence-electron chi connectivity index (χ0n) is 12.4. The van der Waals surface area contributed by atoms with Gasteiger partial charge < -0.3 is 20.7 Å². The molecule has 1 unspecified atom stereocenters. The number of nitrogens with two attached hydrogens (primary N) is 1. The number of ether oxygens (including phenoxy) is 1. The molecule has 1 aliphatic rings. The Morgan fingerprint density at radius 2 is 2.11 bits per heavy atom. The van der Waals surface area contributed by atoms with Crippen LogP contribution in [0.2, 0.25) is 0 Å². The molecule has 5 nitrogen and oxygen atoms in total. The van der Waals surface area contributed by atoms with Crippen molar-refractivity contribution < 1.29 is 9.53 Å². The van der Waals surface area contributed by atoms with Gasteiger partial charge in [-0.2, -0.15) is 0 Å². The van der Waals surface area contributed by atoms with E-state index in [-0.39, 0.29) is 11.8 Å². The summed E-state index contributed by atoms with van der Waals surface area (Å²) in [5.41, 5.74) is 5.86. The van der Waals surface area contributed by atoms with Crippen molar-refractivity contribution in [2.24, 2.45) is 11.7 Å². The average Bonchev–Trinajstić information content (AvgIpc) is 2.43. The summed E-state index contributed by atoms with van der Waals surface area (Å²) >= 11 is 0. The highest BCUT2D eigenvalue weighted by atomic mass is 16.5. The molecule has 1 atom stereocenters. The molecule has 0 spiro atoms. The number of likely N-dealkylation sites (tertiary alicyclic amines) is 1. The number of carbonyl (C=O) groups is 1. The van der Waals surface area contributed by atoms with Crippen molar-refractivity contribution in [2.45, 2.75) is 39.2 Å². The van der Waals surface area contributed by atoms with E-state index >= 15 is 0 Å². The Labute approximate surface area is 116 Å². The lowest BCUT2D eigenvalue weighted by atomic mass is 10.1. The van der Waals surface area contributed by atoms with Gasteiger partial charge in [0.15, 0.2) is 0 Å². The lowest BCUT2D eigenvalue weighted by Gasteiger charge is -2.29. The Morgan fingerprint density at radius 3 is 2.74 bits per heavy atom. The molecular weight excluding hydrogens is 242 g/mol. The minimum Gasteiger partial charge on any atom is -0.378 e. The van der Waals surface area contributed by atoms with Crippen LogP contribution in [0.3, 0.4) is 0 Å². The number of nitrogens with one attached hydrogen (secondary N) is 1. The Kier molecular flexibility index (Phi) is 8.02. The van der Waals surface area contributed by atoms with Crippen LogP contribution in [-0.4, -0.2) is 56.2 Å². The van der Waals surface area contributed by atoms with Gasteiger partial charge in [-0.1, -0.05) is 13.8 Å². The Morgan fingerprint density at radius 1 is 1.42 bits per heavy atom. The third-order valence-corrected chi connectivity index (χ3v) is 3.79. The lowest BCUT2D eigenvalue weighted by molar-refractivity contribution is -0.124. The topological polar surface area (TPSA) is 67.6 Å². The van der Waals surface area contributed by atoms with Crippen molar-refractivity contribution in [1.29, 1.82) is 0 Å². The summed E-state index contributed by atoms with van der Waals surface area (Å²) in [4.78, 5) is 13.9. The quantitative estimate of drug-likeness (QED) is 0.634. The molecule has 112 valence electrons. The summed E-state index contributed by atoms with van der Waals surface area (Å²) in [6, 6.07) is 0.382. The van der Waals surface area contributed by atoms with Crippen LogP contribution in [0.4, 0.5) is 0 Å². The molecule has 5 heteroatoms. The first-order chi connectivity index (χ1) is 9.13. The molecule has 0 aromatic heterocycles. The molecule has 0 saturated carbocycles. The number of nitrogens with zero attached hydrogens (tertiary/aromatic N) is 1. The van der Waals surface area contributed by atoms with Crippen LogP contribution in [0.1, 0.15) is 33.1 Å². The van der Waals surface area contributed by atoms with Crippen LogP contribution in [0.5, 0.6) is 0 Å². The maximum atomic E-state index is 11.5. The maximum Gasteiger partial charge on any atom is 0.222 e. The van der Waals surface area contributed by atoms with Crippen molar-refractivity contribution in [2.75, 3.05) is 39.4 Å². The van der Waals surface area contributed by atoms with E-state index in [0.29, 0.717) is 19.2 Å². The molecule has 1 amide bonds. The van der Waals surface area contributed by atoms with Crippen molar-refractivity contribution >= 4 is 5.91 Å². The van der Waals surface area contributed by atoms with E-state index in [9.17, 15) is 4.79 Å². The fourth-order valence-corrected chi connectivity index (χ4v) is 2.08. The van der Waals surface area contributed by atoms with Gasteiger partial charge in [-0.15, -0.1) is 0 Å². The molecule has 0 aromatic carbocycles. The predicted molar refractivity (Wildman–Crippen MR) is 76.9 cm³/mol. The molecular formula is C14H29N3O2. The fraction of sp³-hybridized carbons (Fsp3) is 0.929. The van der Waals surface area contributed by atoms with Crippen molar-refractivity contribution in [3.8, 4) is 0 Å². The number of hydrogen-bond donors (Lipinski definition) is 2. The first-order valence-electron chi connectivity index (χ1n) is 7.46. The number of rotatable bonds is 8. The molecule has 1 saturated heterocycles. The van der Waals surface area contributed by atoms with Crippen molar-refractivity contribution in [3.05, 3.63) is 0 Å². The van der Waals surface area contributed by atoms with Gasteiger partial charge in [-0.05, 0) is 32.4 Å². The van der Waals surface area contributed by atoms with E-state index in [2.05, 4.69) is 10.2 Å². The van der Waals surface area contributed by atoms with Crippen LogP contribution in [-0.2, 0) is 9.53 Å². The van der Waals surface area contributed by atoms with Gasteiger partial charge in [-0.3, -0.25) is 4.79 Å². The Balaban J connectivity index is 1.92. The third kappa shape index (κ3) is 6.89. The molecule has 1 heterocycles. The second-order valence-corrected chi connectivity index (χ2v) is 5.39. The van der Waals surface area contributed by atoms with Gasteiger partial charge in [-0.25, -0.2) is 0 Å². The first kappa shape index (κ1) is 16.4. The number of piperidine rings is 1. The van der Waals surface area contributed by atoms with Crippen LogP contribution < -0.4 is 11.1 Å². The third-order valence-electron chi connectivity index (χ3n) is 3.79. The van der Waals surface area contributed by atoms with Gasteiger partial charge >= 0.3 is 0 Å². The monoisotopic (exact) mass is 271 g/mol. The summed E-state index contributed by atoms with van der Waals surface area (Å²) in [6.07, 6.45) is 3.06. The Bertz CT molecular complexity index is 253. The number of carbonyl (C=O) groups excluding carboxylic acids is 1. The van der Waals surface area contributed by atoms with Gasteiger partial charge in [0.05, 0.1) is 13.2 Å². The zero-order chi connectivity index (χ0) is 14.1. The van der Waals surface area contributed by atoms with E-state index in [1.807, 2.05) is 13.8 Å². The average molecular weight is 271 g/mol. The predicted octanol–water partition coefficient (Wildman–Crippen LogP) is 0.588. The van der Waals surface area contributed by atoms with E-state index in [4.69, 9.17) is 10.5 Å². The molecule has 3 N–H and O–H groups in total. The SMILES string of the molecule is CCC(C)C(=O)NCCOCCN1CCC(N)CC1. The summed E-state index contributed by atoms with van der Waals surface area (Å²) < 4.78 is 5.54. The maximum absolute atomic E-state index is 11.5. The highest BCUT2D eigenvalue weighted by molar-refractivity contribution is 5.78. The van der Waals surface area contributed by atoms with Gasteiger partial charge in [0.1, 0.15) is 0 Å². The standard InChI is InChI=1S/C14H29N3O2/c1-3-12(2)14(18)16-6-10-19-11-9-17-7-4-13(15)5-8-17/h12-13H,3-11,15H2,1-2H3,(H,16,18). The normalized spacial score (nSPS) is 19.3. The van der Waals surface area contributed by atoms with E-state index in [1.54, 1.807) is 0 Å². The molecule has 1 rings (SSSR count). The largest absolute Gasteiger partial charge is 0.378 e. The first-order valence-corrected chi connectivity index (χ1v) is 7.46. The highest BCUT2D eigenvalue weighted by Gasteiger charge is 2.15. The molecule has 19 heavy (non-hydrogen) atoms. The molecule has 1 fully saturated rings. The summed E-state index contributed by atoms with van der Waals surface area (Å²) in [6.45, 7) is 9.01. The summed E-state index contributed by atoms with van der Waals surface area (Å²) in [5, 5.41) is 2.88. The van der Waals surface area contributed by atoms with Gasteiger partial charge in [0, 0.05) is 25.0 Å². The minimum atomic E-state index is 0.0950. The fourth-order valence-electron chi connectivity index (χ4n) is 2.08. The van der Waals surface area contributed by atoms with Crippen LogP contribution in [0.15, 0.2) is 0 Å². The molecule has 1 aliphatic heterocycles. The molecule has 0 radical (unpaired) electrons. The Hall–Kier alpha value is -0.650. The molecule has 0 bridgehead atoms. The summed E-state index contributed by atoms with van der Waals surface area (Å²) in [5.74, 6) is 0.216. The molecule has 0 aliphatic carbocycles. The number of amides is 1. The van der Waals surface area contributed by atoms with Crippen LogP contribution in [0.25, 0.3) is 0 Å². The van der Waals surface area contributed by atoms with Gasteiger partial charge in [0.25, 0.3) is 0 Å². The van der Waals surface area contributed by atoms with Crippen molar-refractivity contribution in [1.82, 2.24) is 10.2 Å². The van der Waals surface area contributed by atoms with E-state index < -0.39 is 0 Å². The van der Waals surface area contributed by atoms with Gasteiger partial charge in [0.2, 0.25) is 5.91 Å².